The highest BCUT2D eigenvalue weighted by Crippen LogP contribution is 2.27. The van der Waals surface area contributed by atoms with Crippen molar-refractivity contribution < 1.29 is 28.4 Å². The topological polar surface area (TPSA) is 111 Å². The number of hydrogen-bond acceptors (Lipinski definition) is 8. The van der Waals surface area contributed by atoms with Gasteiger partial charge in [0.05, 0.1) is 30.5 Å². The number of nitrogens with one attached hydrogen (secondary N) is 1. The van der Waals surface area contributed by atoms with Crippen LogP contribution in [0.4, 0.5) is 4.79 Å². The molecule has 164 valence electrons. The van der Waals surface area contributed by atoms with E-state index in [-0.39, 0.29) is 12.8 Å². The van der Waals surface area contributed by atoms with Gasteiger partial charge in [0.25, 0.3) is 6.47 Å². The second kappa shape index (κ2) is 10.5. The summed E-state index contributed by atoms with van der Waals surface area (Å²) >= 11 is -1.51. The minimum atomic E-state index is -1.51. The van der Waals surface area contributed by atoms with Gasteiger partial charge in [-0.25, -0.2) is 4.79 Å². The molecule has 1 atom stereocenters. The summed E-state index contributed by atoms with van der Waals surface area (Å²) in [6.07, 6.45) is 3.48. The van der Waals surface area contributed by atoms with Crippen molar-refractivity contribution in [2.75, 3.05) is 26.9 Å². The maximum absolute atomic E-state index is 13.1. The molecule has 0 radical (unpaired) electrons. The van der Waals surface area contributed by atoms with Gasteiger partial charge in [-0.15, -0.1) is 4.31 Å². The molecule has 0 aromatic heterocycles. The highest BCUT2D eigenvalue weighted by Gasteiger charge is 2.39. The van der Waals surface area contributed by atoms with Gasteiger partial charge < -0.3 is 24.2 Å². The Hall–Kier alpha value is -2.56. The number of hydrogen-bond donors (Lipinski definition) is 1. The number of carbonyl (C=O) groups is 3. The third kappa shape index (κ3) is 6.75. The Labute approximate surface area is 179 Å². The fourth-order valence-electron chi connectivity index (χ4n) is 2.67. The summed E-state index contributed by atoms with van der Waals surface area (Å²) in [6.45, 7) is 6.54. The van der Waals surface area contributed by atoms with Crippen LogP contribution in [0, 0.1) is 0 Å². The molecule has 10 heteroatoms. The lowest BCUT2D eigenvalue weighted by Crippen LogP contribution is -2.61. The second-order valence-electron chi connectivity index (χ2n) is 7.78. The lowest BCUT2D eigenvalue weighted by molar-refractivity contribution is -0.131. The van der Waals surface area contributed by atoms with E-state index in [0.29, 0.717) is 41.9 Å². The minimum Gasteiger partial charge on any atom is -0.593 e. The lowest BCUT2D eigenvalue weighted by atomic mass is 10.1. The van der Waals surface area contributed by atoms with E-state index in [2.05, 4.69) is 10.1 Å². The van der Waals surface area contributed by atoms with Crippen molar-refractivity contribution in [3.63, 3.8) is 0 Å². The molecule has 1 fully saturated rings. The molecule has 1 saturated heterocycles. The van der Waals surface area contributed by atoms with Crippen molar-refractivity contribution in [2.24, 2.45) is 0 Å². The Bertz CT molecular complexity index is 789. The first kappa shape index (κ1) is 23.7. The van der Waals surface area contributed by atoms with Gasteiger partial charge in [-0.2, -0.15) is 0 Å². The summed E-state index contributed by atoms with van der Waals surface area (Å²) in [6, 6.07) is 4.84. The van der Waals surface area contributed by atoms with Crippen LogP contribution in [0.25, 0.3) is 6.08 Å². The molecule has 2 rings (SSSR count). The van der Waals surface area contributed by atoms with E-state index in [4.69, 9.17) is 4.74 Å². The summed E-state index contributed by atoms with van der Waals surface area (Å²) < 4.78 is 24.6. The van der Waals surface area contributed by atoms with Gasteiger partial charge in [0, 0.05) is 24.4 Å². The molecule has 0 aliphatic carbocycles. The molecule has 1 aromatic carbocycles. The Morgan fingerprint density at radius 2 is 2.07 bits per heavy atom. The maximum atomic E-state index is 13.1. The molecule has 9 nitrogen and oxygen atoms in total. The molecule has 1 aliphatic rings. The molecular formula is C20H27N3O6S. The van der Waals surface area contributed by atoms with Crippen molar-refractivity contribution >= 4 is 36.3 Å². The summed E-state index contributed by atoms with van der Waals surface area (Å²) in [4.78, 5) is 35.7. The van der Waals surface area contributed by atoms with Gasteiger partial charge in [0.2, 0.25) is 0 Å². The van der Waals surface area contributed by atoms with Crippen LogP contribution in [0.3, 0.4) is 0 Å². The second-order valence-corrected chi connectivity index (χ2v) is 9.24. The van der Waals surface area contributed by atoms with Crippen LogP contribution < -0.4 is 5.32 Å². The zero-order valence-electron chi connectivity index (χ0n) is 17.5. The highest BCUT2D eigenvalue weighted by atomic mass is 32.2. The quantitative estimate of drug-likeness (QED) is 0.353. The first-order chi connectivity index (χ1) is 14.1. The molecule has 1 heterocycles. The normalized spacial score (nSPS) is 15.9. The number of amides is 1. The third-order valence-electron chi connectivity index (χ3n) is 4.06. The van der Waals surface area contributed by atoms with Crippen molar-refractivity contribution in [1.29, 1.82) is 0 Å². The number of aldehydes is 1. The molecule has 0 bridgehead atoms. The molecule has 1 N–H and O–H groups in total. The predicted molar refractivity (Wildman–Crippen MR) is 112 cm³/mol. The number of nitrogens with zero attached hydrogens (tertiary/aromatic N) is 2. The van der Waals surface area contributed by atoms with E-state index in [1.807, 2.05) is 0 Å². The average Bonchev–Trinajstić information content (AvgIpc) is 2.64. The van der Waals surface area contributed by atoms with Gasteiger partial charge in [0.15, 0.2) is 17.9 Å². The average molecular weight is 438 g/mol. The van der Waals surface area contributed by atoms with Crippen LogP contribution in [-0.2, 0) is 25.6 Å². The van der Waals surface area contributed by atoms with Crippen LogP contribution in [0.5, 0.6) is 0 Å². The number of rotatable bonds is 9. The van der Waals surface area contributed by atoms with Crippen LogP contribution in [0.15, 0.2) is 29.3 Å². The summed E-state index contributed by atoms with van der Waals surface area (Å²) in [5.74, 6) is 0. The zero-order valence-corrected chi connectivity index (χ0v) is 18.3. The van der Waals surface area contributed by atoms with Crippen LogP contribution >= 0.6 is 0 Å². The summed E-state index contributed by atoms with van der Waals surface area (Å²) in [5.41, 5.74) is 0.328. The van der Waals surface area contributed by atoms with Crippen molar-refractivity contribution in [2.45, 2.75) is 37.3 Å². The van der Waals surface area contributed by atoms with E-state index in [9.17, 15) is 18.9 Å². The van der Waals surface area contributed by atoms with Gasteiger partial charge in [-0.3, -0.25) is 9.59 Å². The molecule has 0 spiro atoms. The Kier molecular flexibility index (Phi) is 8.27. The summed E-state index contributed by atoms with van der Waals surface area (Å²) in [7, 11) is 1.70. The third-order valence-corrected chi connectivity index (χ3v) is 5.56. The first-order valence-corrected chi connectivity index (χ1v) is 10.4. The number of benzene rings is 1. The predicted octanol–water partition coefficient (Wildman–Crippen LogP) is 1.76. The monoisotopic (exact) mass is 437 g/mol. The fraction of sp³-hybridized carbons (Fsp3) is 0.450. The van der Waals surface area contributed by atoms with E-state index in [1.165, 1.54) is 0 Å². The van der Waals surface area contributed by atoms with Crippen LogP contribution in [0.1, 0.15) is 36.7 Å². The molecule has 1 unspecified atom stereocenters. The lowest BCUT2D eigenvalue weighted by Gasteiger charge is -2.38. The highest BCUT2D eigenvalue weighted by molar-refractivity contribution is 7.89. The molecule has 1 amide bonds. The van der Waals surface area contributed by atoms with Crippen molar-refractivity contribution in [3.05, 3.63) is 35.5 Å². The van der Waals surface area contributed by atoms with Gasteiger partial charge >= 0.3 is 6.09 Å². The van der Waals surface area contributed by atoms with Gasteiger partial charge in [0.1, 0.15) is 5.60 Å². The SMILES string of the molecule is CN(/C=C\c1c(C=O)cccc1[S+]([O-])N1CC(NC(=O)OC(C)(C)C)C1)COC=O. The van der Waals surface area contributed by atoms with Crippen LogP contribution in [-0.4, -0.2) is 71.1 Å². The van der Waals surface area contributed by atoms with Gasteiger partial charge in [-0.1, -0.05) is 12.1 Å². The Morgan fingerprint density at radius 3 is 2.67 bits per heavy atom. The number of alkyl carbamates (subject to hydrolysis) is 1. The number of carbonyl (C=O) groups excluding carboxylic acids is 3. The fourth-order valence-corrected chi connectivity index (χ4v) is 4.14. The van der Waals surface area contributed by atoms with E-state index in [1.54, 1.807) is 67.5 Å². The smallest absolute Gasteiger partial charge is 0.407 e. The van der Waals surface area contributed by atoms with E-state index < -0.39 is 23.1 Å². The maximum Gasteiger partial charge on any atom is 0.407 e. The van der Waals surface area contributed by atoms with E-state index in [0.717, 1.165) is 0 Å². The van der Waals surface area contributed by atoms with Crippen LogP contribution in [0.2, 0.25) is 0 Å². The molecular weight excluding hydrogens is 410 g/mol. The first-order valence-electron chi connectivity index (χ1n) is 9.33. The Balaban J connectivity index is 2.05. The molecule has 1 aliphatic heterocycles. The molecule has 0 saturated carbocycles. The van der Waals surface area contributed by atoms with Crippen molar-refractivity contribution in [1.82, 2.24) is 14.5 Å². The van der Waals surface area contributed by atoms with Crippen molar-refractivity contribution in [3.8, 4) is 0 Å². The Morgan fingerprint density at radius 1 is 1.37 bits per heavy atom. The largest absolute Gasteiger partial charge is 0.593 e. The zero-order chi connectivity index (χ0) is 22.3. The van der Waals surface area contributed by atoms with E-state index >= 15 is 0 Å². The van der Waals surface area contributed by atoms with Gasteiger partial charge in [-0.05, 0) is 32.9 Å². The molecule has 30 heavy (non-hydrogen) atoms. The number of ether oxygens (including phenoxy) is 2. The minimum absolute atomic E-state index is 0.0474. The summed E-state index contributed by atoms with van der Waals surface area (Å²) in [5, 5.41) is 2.75. The molecule has 1 aromatic rings. The standard InChI is InChI=1S/C20H27N3O6S/c1-20(2,3)29-19(26)21-16-10-23(11-16)30(27)18-7-5-6-15(12-24)17(18)8-9-22(4)13-28-14-25/h5-9,12,14,16H,10-11,13H2,1-4H3,(H,21,26)/b9-8-.